The minimum absolute atomic E-state index is 0.283. The van der Waals surface area contributed by atoms with Gasteiger partial charge in [-0.2, -0.15) is 0 Å². The van der Waals surface area contributed by atoms with Crippen molar-refractivity contribution in [2.24, 2.45) is 7.05 Å². The van der Waals surface area contributed by atoms with Crippen molar-refractivity contribution in [3.8, 4) is 28.0 Å². The Bertz CT molecular complexity index is 1090. The first-order chi connectivity index (χ1) is 14.6. The lowest BCUT2D eigenvalue weighted by atomic mass is 9.98. The minimum atomic E-state index is -0.412. The molecule has 0 saturated heterocycles. The first-order valence-electron chi connectivity index (χ1n) is 10.2. The van der Waals surface area contributed by atoms with Crippen molar-refractivity contribution in [3.63, 3.8) is 0 Å². The van der Waals surface area contributed by atoms with Crippen molar-refractivity contribution in [2.75, 3.05) is 13.2 Å². The van der Waals surface area contributed by atoms with Crippen LogP contribution < -0.4 is 4.74 Å². The van der Waals surface area contributed by atoms with Gasteiger partial charge in [0.25, 0.3) is 0 Å². The SMILES string of the molecule is [C-]#[N+]c1c(-c2ccc(-c3ccccc3OCC)cc2)c(C(=O)OCC)n(C)c1CC. The van der Waals surface area contributed by atoms with Crippen LogP contribution in [0.15, 0.2) is 48.5 Å². The van der Waals surface area contributed by atoms with Crippen molar-refractivity contribution < 1.29 is 14.3 Å². The van der Waals surface area contributed by atoms with Gasteiger partial charge in [0.2, 0.25) is 5.69 Å². The molecule has 0 radical (unpaired) electrons. The highest BCUT2D eigenvalue weighted by molar-refractivity contribution is 6.01. The third kappa shape index (κ3) is 3.81. The summed E-state index contributed by atoms with van der Waals surface area (Å²) in [4.78, 5) is 16.5. The van der Waals surface area contributed by atoms with E-state index in [0.29, 0.717) is 30.0 Å². The maximum absolute atomic E-state index is 12.7. The van der Waals surface area contributed by atoms with Gasteiger partial charge >= 0.3 is 5.97 Å². The van der Waals surface area contributed by atoms with Crippen LogP contribution in [0.1, 0.15) is 37.0 Å². The molecule has 0 amide bonds. The number of carbonyl (C=O) groups is 1. The molecule has 0 bridgehead atoms. The number of aromatic nitrogens is 1. The zero-order valence-corrected chi connectivity index (χ0v) is 17.9. The summed E-state index contributed by atoms with van der Waals surface area (Å²) in [5, 5.41) is 0. The van der Waals surface area contributed by atoms with E-state index in [2.05, 4.69) is 4.85 Å². The van der Waals surface area contributed by atoms with E-state index >= 15 is 0 Å². The summed E-state index contributed by atoms with van der Waals surface area (Å²) in [6.07, 6.45) is 0.653. The number of carbonyl (C=O) groups excluding carboxylic acids is 1. The van der Waals surface area contributed by atoms with Gasteiger partial charge in [0.05, 0.1) is 19.8 Å². The molecule has 3 aromatic rings. The lowest BCUT2D eigenvalue weighted by Crippen LogP contribution is -2.12. The molecule has 1 aromatic heterocycles. The maximum atomic E-state index is 12.7. The van der Waals surface area contributed by atoms with Gasteiger partial charge in [-0.25, -0.2) is 9.64 Å². The molecule has 154 valence electrons. The average Bonchev–Trinajstić information content (AvgIpc) is 3.06. The first-order valence-corrected chi connectivity index (χ1v) is 10.2. The van der Waals surface area contributed by atoms with Gasteiger partial charge in [0, 0.05) is 23.9 Å². The fraction of sp³-hybridized carbons (Fsp3) is 0.280. The lowest BCUT2D eigenvalue weighted by molar-refractivity contribution is 0.0516. The van der Waals surface area contributed by atoms with Gasteiger partial charge in [0.1, 0.15) is 11.4 Å². The zero-order chi connectivity index (χ0) is 21.7. The Morgan fingerprint density at radius 1 is 1.00 bits per heavy atom. The van der Waals surface area contributed by atoms with E-state index < -0.39 is 5.97 Å². The number of ether oxygens (including phenoxy) is 2. The van der Waals surface area contributed by atoms with Crippen LogP contribution in [-0.2, 0) is 18.2 Å². The summed E-state index contributed by atoms with van der Waals surface area (Å²) >= 11 is 0. The third-order valence-corrected chi connectivity index (χ3v) is 5.07. The zero-order valence-electron chi connectivity index (χ0n) is 17.9. The molecule has 3 rings (SSSR count). The summed E-state index contributed by atoms with van der Waals surface area (Å²) < 4.78 is 12.8. The van der Waals surface area contributed by atoms with Crippen molar-refractivity contribution in [1.82, 2.24) is 4.57 Å². The number of rotatable bonds is 7. The van der Waals surface area contributed by atoms with E-state index in [4.69, 9.17) is 16.0 Å². The Morgan fingerprint density at radius 2 is 1.67 bits per heavy atom. The number of hydrogen-bond donors (Lipinski definition) is 0. The highest BCUT2D eigenvalue weighted by Gasteiger charge is 2.26. The third-order valence-electron chi connectivity index (χ3n) is 5.07. The standard InChI is InChI=1S/C25H26N2O3/c1-6-20-23(26-4)22(24(27(20)5)25(28)30-8-3)18-15-13-17(14-16-18)19-11-9-10-12-21(19)29-7-2/h9-16H,6-8H2,1-3,5H3. The van der Waals surface area contributed by atoms with Crippen LogP contribution in [0, 0.1) is 6.57 Å². The van der Waals surface area contributed by atoms with E-state index in [-0.39, 0.29) is 6.61 Å². The highest BCUT2D eigenvalue weighted by Crippen LogP contribution is 2.41. The summed E-state index contributed by atoms with van der Waals surface area (Å²) in [5.41, 5.74) is 5.21. The van der Waals surface area contributed by atoms with E-state index in [1.54, 1.807) is 11.5 Å². The Hall–Kier alpha value is -3.52. The van der Waals surface area contributed by atoms with E-state index in [1.165, 1.54) is 0 Å². The molecule has 30 heavy (non-hydrogen) atoms. The average molecular weight is 402 g/mol. The van der Waals surface area contributed by atoms with Crippen LogP contribution in [0.3, 0.4) is 0 Å². The predicted molar refractivity (Wildman–Crippen MR) is 119 cm³/mol. The van der Waals surface area contributed by atoms with Crippen molar-refractivity contribution in [3.05, 3.63) is 71.3 Å². The number of hydrogen-bond acceptors (Lipinski definition) is 3. The molecule has 0 aliphatic rings. The van der Waals surface area contributed by atoms with Crippen LogP contribution in [0.25, 0.3) is 27.1 Å². The van der Waals surface area contributed by atoms with Crippen molar-refractivity contribution >= 4 is 11.7 Å². The molecular weight excluding hydrogens is 376 g/mol. The molecule has 5 heteroatoms. The smallest absolute Gasteiger partial charge is 0.354 e. The van der Waals surface area contributed by atoms with Gasteiger partial charge in [0.15, 0.2) is 0 Å². The number of nitrogens with zero attached hydrogens (tertiary/aromatic N) is 2. The fourth-order valence-electron chi connectivity index (χ4n) is 3.76. The Labute approximate surface area is 177 Å². The summed E-state index contributed by atoms with van der Waals surface area (Å²) in [5.74, 6) is 0.417. The summed E-state index contributed by atoms with van der Waals surface area (Å²) in [6, 6.07) is 15.8. The Kier molecular flexibility index (Phi) is 6.58. The number of para-hydroxylation sites is 1. The maximum Gasteiger partial charge on any atom is 0.354 e. The largest absolute Gasteiger partial charge is 0.493 e. The van der Waals surface area contributed by atoms with Crippen molar-refractivity contribution in [1.29, 1.82) is 0 Å². The Balaban J connectivity index is 2.13. The molecule has 1 heterocycles. The molecule has 0 aliphatic carbocycles. The van der Waals surface area contributed by atoms with E-state index in [1.807, 2.05) is 69.4 Å². The molecule has 2 aromatic carbocycles. The normalized spacial score (nSPS) is 10.5. The van der Waals surface area contributed by atoms with Gasteiger partial charge in [-0.05, 0) is 37.5 Å². The van der Waals surface area contributed by atoms with Gasteiger partial charge < -0.3 is 14.0 Å². The fourth-order valence-corrected chi connectivity index (χ4v) is 3.76. The van der Waals surface area contributed by atoms with Crippen LogP contribution in [-0.4, -0.2) is 23.8 Å². The van der Waals surface area contributed by atoms with Crippen LogP contribution in [0.4, 0.5) is 5.69 Å². The Morgan fingerprint density at radius 3 is 2.27 bits per heavy atom. The van der Waals surface area contributed by atoms with E-state index in [9.17, 15) is 4.79 Å². The lowest BCUT2D eigenvalue weighted by Gasteiger charge is -2.12. The van der Waals surface area contributed by atoms with Gasteiger partial charge in [-0.3, -0.25) is 0 Å². The molecule has 0 atom stereocenters. The highest BCUT2D eigenvalue weighted by atomic mass is 16.5. The second kappa shape index (κ2) is 9.32. The second-order valence-corrected chi connectivity index (χ2v) is 6.77. The summed E-state index contributed by atoms with van der Waals surface area (Å²) in [7, 11) is 1.82. The van der Waals surface area contributed by atoms with Crippen LogP contribution in [0.5, 0.6) is 5.75 Å². The molecular formula is C25H26N2O3. The molecule has 0 N–H and O–H groups in total. The number of esters is 1. The van der Waals surface area contributed by atoms with Crippen molar-refractivity contribution in [2.45, 2.75) is 27.2 Å². The topological polar surface area (TPSA) is 44.8 Å². The van der Waals surface area contributed by atoms with E-state index in [0.717, 1.165) is 28.1 Å². The molecule has 0 spiro atoms. The van der Waals surface area contributed by atoms with Crippen LogP contribution in [0.2, 0.25) is 0 Å². The van der Waals surface area contributed by atoms with Crippen LogP contribution >= 0.6 is 0 Å². The quantitative estimate of drug-likeness (QED) is 0.357. The van der Waals surface area contributed by atoms with Gasteiger partial charge in [-0.15, -0.1) is 0 Å². The molecule has 0 fully saturated rings. The predicted octanol–water partition coefficient (Wildman–Crippen LogP) is 6.05. The first kappa shape index (κ1) is 21.2. The number of benzene rings is 2. The summed E-state index contributed by atoms with van der Waals surface area (Å²) in [6.45, 7) is 14.3. The monoisotopic (exact) mass is 402 g/mol. The molecule has 5 nitrogen and oxygen atoms in total. The molecule has 0 saturated carbocycles. The molecule has 0 unspecified atom stereocenters. The minimum Gasteiger partial charge on any atom is -0.493 e. The second-order valence-electron chi connectivity index (χ2n) is 6.77. The molecule has 0 aliphatic heterocycles. The van der Waals surface area contributed by atoms with Gasteiger partial charge in [-0.1, -0.05) is 49.4 Å².